The fourth-order valence-electron chi connectivity index (χ4n) is 3.16. The molecule has 4 rings (SSSR count). The average Bonchev–Trinajstić information content (AvgIpc) is 3.51. The smallest absolute Gasteiger partial charge is 0.369 e. The van der Waals surface area contributed by atoms with Crippen molar-refractivity contribution in [1.82, 2.24) is 30.4 Å². The molecule has 2 saturated heterocycles. The number of esters is 4. The number of carbonyl (C=O) groups is 4. The van der Waals surface area contributed by atoms with Gasteiger partial charge in [-0.2, -0.15) is 30.4 Å². The largest absolute Gasteiger partial charge is 0.418 e. The molecule has 2 aliphatic rings. The van der Waals surface area contributed by atoms with Crippen LogP contribution in [-0.4, -0.2) is 77.2 Å². The van der Waals surface area contributed by atoms with E-state index < -0.39 is 52.8 Å². The summed E-state index contributed by atoms with van der Waals surface area (Å²) in [4.78, 5) is 57.5. The highest BCUT2D eigenvalue weighted by Crippen LogP contribution is 2.36. The van der Waals surface area contributed by atoms with Crippen LogP contribution in [0.2, 0.25) is 0 Å². The van der Waals surface area contributed by atoms with Crippen LogP contribution in [0.15, 0.2) is 22.9 Å². The van der Waals surface area contributed by atoms with Crippen LogP contribution in [0.1, 0.15) is 33.6 Å². The van der Waals surface area contributed by atoms with E-state index in [4.69, 9.17) is 18.9 Å². The van der Waals surface area contributed by atoms with Gasteiger partial charge in [0.2, 0.25) is 11.9 Å². The van der Waals surface area contributed by atoms with Gasteiger partial charge < -0.3 is 18.9 Å². The molecular weight excluding hydrogens is 484 g/mol. The second kappa shape index (κ2) is 9.39. The first-order valence-electron chi connectivity index (χ1n) is 10.4. The van der Waals surface area contributed by atoms with Crippen LogP contribution < -0.4 is 10.9 Å². The van der Waals surface area contributed by atoms with Crippen molar-refractivity contribution in [1.29, 1.82) is 0 Å². The minimum absolute atomic E-state index is 0.0789. The number of hydrogen-bond acceptors (Lipinski definition) is 16. The summed E-state index contributed by atoms with van der Waals surface area (Å²) in [6.07, 6.45) is 2.02. The molecule has 0 radical (unpaired) electrons. The van der Waals surface area contributed by atoms with E-state index in [0.29, 0.717) is 0 Å². The Morgan fingerprint density at radius 3 is 1.64 bits per heavy atom. The molecular formula is C18H20N10O8. The maximum Gasteiger partial charge on any atom is 0.369 e. The molecule has 2 aromatic rings. The fraction of sp³-hybridized carbons (Fsp3) is 0.444. The predicted molar refractivity (Wildman–Crippen MR) is 114 cm³/mol. The molecule has 18 heteroatoms. The Bertz CT molecular complexity index is 1180. The van der Waals surface area contributed by atoms with Crippen molar-refractivity contribution in [3.8, 4) is 0 Å². The van der Waals surface area contributed by atoms with E-state index in [2.05, 4.69) is 51.4 Å². The van der Waals surface area contributed by atoms with Crippen LogP contribution in [0.4, 0.5) is 11.9 Å². The first kappa shape index (κ1) is 24.2. The molecule has 18 nitrogen and oxygen atoms in total. The van der Waals surface area contributed by atoms with E-state index in [9.17, 15) is 19.2 Å². The Morgan fingerprint density at radius 2 is 1.25 bits per heavy atom. The highest BCUT2D eigenvalue weighted by atomic mass is 16.8. The first-order chi connectivity index (χ1) is 17.1. The number of nitrogens with one attached hydrogen (secondary N) is 4. The van der Waals surface area contributed by atoms with Gasteiger partial charge in [0.25, 0.3) is 23.0 Å². The van der Waals surface area contributed by atoms with Crippen LogP contribution in [0.25, 0.3) is 0 Å². The molecule has 0 saturated carbocycles. The zero-order valence-electron chi connectivity index (χ0n) is 19.1. The Labute approximate surface area is 201 Å². The highest BCUT2D eigenvalue weighted by Gasteiger charge is 2.52. The normalized spacial score (nSPS) is 24.0. The lowest BCUT2D eigenvalue weighted by atomic mass is 9.93. The van der Waals surface area contributed by atoms with Crippen molar-refractivity contribution in [2.45, 2.75) is 45.2 Å². The summed E-state index contributed by atoms with van der Waals surface area (Å²) in [6, 6.07) is 0. The number of cyclic esters (lactones) is 4. The van der Waals surface area contributed by atoms with Gasteiger partial charge in [-0.25, -0.2) is 40.2 Å². The minimum atomic E-state index is -1.76. The number of aromatic nitrogens is 6. The van der Waals surface area contributed by atoms with Crippen molar-refractivity contribution in [3.63, 3.8) is 0 Å². The Kier molecular flexibility index (Phi) is 6.32. The van der Waals surface area contributed by atoms with Gasteiger partial charge in [-0.15, -0.1) is 0 Å². The zero-order chi connectivity index (χ0) is 25.9. The molecule has 2 aromatic heterocycles. The van der Waals surface area contributed by atoms with Gasteiger partial charge in [-0.1, -0.05) is 13.8 Å². The number of ether oxygens (including phenoxy) is 4. The third-order valence-electron chi connectivity index (χ3n) is 5.11. The third-order valence-corrected chi connectivity index (χ3v) is 5.11. The molecule has 0 amide bonds. The number of nitrogens with zero attached hydrogens (tertiary/aromatic N) is 6. The monoisotopic (exact) mass is 504 g/mol. The molecule has 2 fully saturated rings. The van der Waals surface area contributed by atoms with Crippen molar-refractivity contribution in [2.24, 2.45) is 16.1 Å². The van der Waals surface area contributed by atoms with Crippen LogP contribution in [0.3, 0.4) is 0 Å². The lowest BCUT2D eigenvalue weighted by molar-refractivity contribution is -0.262. The van der Waals surface area contributed by atoms with Crippen LogP contribution in [0, 0.1) is 5.92 Å². The SMILES string of the molecule is CC(C)C1(CCC2(C)OC(=O)C(=NNc3ncn[nH]3)C(=O)O2)OC(=O)C(=NNc2ncn[nH]2)C(=O)O1. The van der Waals surface area contributed by atoms with Crippen LogP contribution in [0.5, 0.6) is 0 Å². The van der Waals surface area contributed by atoms with Gasteiger partial charge in [-0.05, 0) is 0 Å². The first-order valence-corrected chi connectivity index (χ1v) is 10.4. The van der Waals surface area contributed by atoms with Gasteiger partial charge in [0.05, 0.1) is 0 Å². The summed E-state index contributed by atoms with van der Waals surface area (Å²) in [5.74, 6) is -8.12. The Hall–Kier alpha value is -4.90. The maximum absolute atomic E-state index is 12.6. The Balaban J connectivity index is 1.43. The van der Waals surface area contributed by atoms with Gasteiger partial charge in [0.15, 0.2) is 0 Å². The molecule has 4 heterocycles. The molecule has 0 spiro atoms. The Morgan fingerprint density at radius 1 is 0.806 bits per heavy atom. The van der Waals surface area contributed by atoms with Crippen LogP contribution in [-0.2, 0) is 38.1 Å². The van der Waals surface area contributed by atoms with Crippen molar-refractivity contribution in [3.05, 3.63) is 12.7 Å². The maximum atomic E-state index is 12.6. The topological polar surface area (TPSA) is 237 Å². The van der Waals surface area contributed by atoms with E-state index in [1.807, 2.05) is 0 Å². The summed E-state index contributed by atoms with van der Waals surface area (Å²) in [6.45, 7) is 4.63. The molecule has 190 valence electrons. The van der Waals surface area contributed by atoms with Gasteiger partial charge >= 0.3 is 23.9 Å². The summed E-state index contributed by atoms with van der Waals surface area (Å²) in [5, 5.41) is 19.3. The number of aromatic amines is 2. The lowest BCUT2D eigenvalue weighted by Gasteiger charge is -2.41. The van der Waals surface area contributed by atoms with E-state index in [1.165, 1.54) is 19.6 Å². The molecule has 4 N–H and O–H groups in total. The van der Waals surface area contributed by atoms with Crippen molar-refractivity contribution in [2.75, 3.05) is 10.9 Å². The number of hydrogen-bond donors (Lipinski definition) is 4. The molecule has 0 atom stereocenters. The van der Waals surface area contributed by atoms with Gasteiger partial charge in [-0.3, -0.25) is 0 Å². The second-order valence-corrected chi connectivity index (χ2v) is 7.97. The van der Waals surface area contributed by atoms with E-state index >= 15 is 0 Å². The molecule has 0 bridgehead atoms. The quantitative estimate of drug-likeness (QED) is 0.254. The van der Waals surface area contributed by atoms with Crippen LogP contribution >= 0.6 is 0 Å². The lowest BCUT2D eigenvalue weighted by Crippen LogP contribution is -2.55. The number of anilines is 2. The molecule has 0 aromatic carbocycles. The number of H-pyrrole nitrogens is 2. The highest BCUT2D eigenvalue weighted by molar-refractivity contribution is 6.63. The van der Waals surface area contributed by atoms with Gasteiger partial charge in [0.1, 0.15) is 12.7 Å². The predicted octanol–water partition coefficient (Wildman–Crippen LogP) is -0.792. The molecule has 0 unspecified atom stereocenters. The summed E-state index contributed by atoms with van der Waals surface area (Å²) < 4.78 is 21.4. The van der Waals surface area contributed by atoms with Crippen molar-refractivity contribution >= 4 is 47.2 Å². The standard InChI is InChI=1S/C18H20N10O8/c1-8(2)18(35-13(31)10(14(32)36-18)24-28-16-20-7-22-26-16)5-4-17(3)33-11(29)9(12(30)34-17)23-27-15-19-6-21-25-15/h6-8H,4-5H2,1-3H3,(H2,19,21,25,27)(H2,20,22,26,28). The van der Waals surface area contributed by atoms with Gasteiger partial charge in [0, 0.05) is 25.7 Å². The summed E-state index contributed by atoms with van der Waals surface area (Å²) in [7, 11) is 0. The summed E-state index contributed by atoms with van der Waals surface area (Å²) >= 11 is 0. The number of rotatable bonds is 8. The molecule has 2 aliphatic heterocycles. The molecule has 36 heavy (non-hydrogen) atoms. The second-order valence-electron chi connectivity index (χ2n) is 7.97. The van der Waals surface area contributed by atoms with E-state index in [-0.39, 0.29) is 24.7 Å². The van der Waals surface area contributed by atoms with E-state index in [0.717, 1.165) is 0 Å². The molecule has 0 aliphatic carbocycles. The van der Waals surface area contributed by atoms with Crippen molar-refractivity contribution < 1.29 is 38.1 Å². The zero-order valence-corrected chi connectivity index (χ0v) is 19.1. The van der Waals surface area contributed by atoms with E-state index in [1.54, 1.807) is 13.8 Å². The minimum Gasteiger partial charge on any atom is -0.418 e. The third kappa shape index (κ3) is 4.95. The summed E-state index contributed by atoms with van der Waals surface area (Å²) in [5.41, 5.74) is 3.38. The fourth-order valence-corrected chi connectivity index (χ4v) is 3.16. The average molecular weight is 504 g/mol. The number of carbonyl (C=O) groups excluding carboxylic acids is 4. The number of hydrazone groups is 2.